The van der Waals surface area contributed by atoms with Gasteiger partial charge >= 0.3 is 18.0 Å². The average molecular weight is 427 g/mol. The molecule has 0 fully saturated rings. The Morgan fingerprint density at radius 3 is 1.54 bits per heavy atom. The van der Waals surface area contributed by atoms with E-state index in [2.05, 4.69) is 0 Å². The van der Waals surface area contributed by atoms with Gasteiger partial charge in [-0.3, -0.25) is 0 Å². The van der Waals surface area contributed by atoms with E-state index in [1.165, 1.54) is 25.7 Å². The molecule has 11 heteroatoms. The zero-order chi connectivity index (χ0) is 21.2. The summed E-state index contributed by atoms with van der Waals surface area (Å²) in [6.07, 6.45) is -4.35. The SMILES string of the molecule is CC/C=C(\C=C(\O[Si](C)(C)C)C(F)(F)C(F)(F)C(F)(F)F)O[Si](C)(C)C. The smallest absolute Gasteiger partial charge is 0.460 e. The van der Waals surface area contributed by atoms with Gasteiger partial charge in [0.15, 0.2) is 5.76 Å². The molecule has 0 rings (SSSR count). The van der Waals surface area contributed by atoms with Crippen molar-refractivity contribution in [1.82, 2.24) is 0 Å². The van der Waals surface area contributed by atoms with Crippen molar-refractivity contribution in [2.24, 2.45) is 0 Å². The molecule has 0 bridgehead atoms. The van der Waals surface area contributed by atoms with Gasteiger partial charge in [-0.15, -0.1) is 0 Å². The summed E-state index contributed by atoms with van der Waals surface area (Å²) in [5.74, 6) is -13.8. The van der Waals surface area contributed by atoms with E-state index in [9.17, 15) is 30.7 Å². The zero-order valence-corrected chi connectivity index (χ0v) is 17.8. The lowest BCUT2D eigenvalue weighted by Gasteiger charge is -2.33. The Kier molecular flexibility index (Phi) is 7.65. The largest absolute Gasteiger partial charge is 0.544 e. The molecule has 0 aliphatic carbocycles. The van der Waals surface area contributed by atoms with Gasteiger partial charge in [-0.2, -0.15) is 30.7 Å². The maximum Gasteiger partial charge on any atom is 0.460 e. The van der Waals surface area contributed by atoms with Crippen LogP contribution in [0.4, 0.5) is 30.7 Å². The normalized spacial score (nSPS) is 15.9. The van der Waals surface area contributed by atoms with Crippen molar-refractivity contribution >= 4 is 16.6 Å². The van der Waals surface area contributed by atoms with Gasteiger partial charge in [0.05, 0.1) is 0 Å². The Labute approximate surface area is 151 Å². The highest BCUT2D eigenvalue weighted by Crippen LogP contribution is 2.50. The first-order valence-electron chi connectivity index (χ1n) is 7.87. The molecular formula is C15H25F7O2Si2. The summed E-state index contributed by atoms with van der Waals surface area (Å²) in [4.78, 5) is 0. The summed E-state index contributed by atoms with van der Waals surface area (Å²) < 4.78 is 103. The standard InChI is InChI=1S/C15H25F7O2Si2/c1-8-9-11(23-25(2,3)4)10-12(24-26(5,6)7)13(16,17)14(18,19)15(20,21)22/h9-10H,8H2,1-7H3/b11-9+,12-10+. The van der Waals surface area contributed by atoms with Crippen LogP contribution in [0.2, 0.25) is 39.3 Å². The van der Waals surface area contributed by atoms with Crippen LogP contribution in [0.25, 0.3) is 0 Å². The van der Waals surface area contributed by atoms with Gasteiger partial charge in [0.2, 0.25) is 16.6 Å². The van der Waals surface area contributed by atoms with Crippen LogP contribution >= 0.6 is 0 Å². The first-order chi connectivity index (χ1) is 11.2. The maximum atomic E-state index is 14.2. The average Bonchev–Trinajstić information content (AvgIpc) is 2.32. The minimum absolute atomic E-state index is 0.211. The summed E-state index contributed by atoms with van der Waals surface area (Å²) in [6, 6.07) is 0. The fourth-order valence-corrected chi connectivity index (χ4v) is 3.36. The molecule has 0 saturated carbocycles. The lowest BCUT2D eigenvalue weighted by molar-refractivity contribution is -0.349. The molecule has 0 aromatic heterocycles. The van der Waals surface area contributed by atoms with Crippen LogP contribution in [0.5, 0.6) is 0 Å². The van der Waals surface area contributed by atoms with E-state index in [1.807, 2.05) is 0 Å². The molecule has 0 heterocycles. The molecule has 26 heavy (non-hydrogen) atoms. The highest BCUT2D eigenvalue weighted by Gasteiger charge is 2.75. The summed E-state index contributed by atoms with van der Waals surface area (Å²) in [5.41, 5.74) is 0. The lowest BCUT2D eigenvalue weighted by Crippen LogP contribution is -2.54. The first kappa shape index (κ1) is 25.0. The van der Waals surface area contributed by atoms with Crippen molar-refractivity contribution in [3.05, 3.63) is 23.7 Å². The van der Waals surface area contributed by atoms with Crippen LogP contribution in [0, 0.1) is 0 Å². The van der Waals surface area contributed by atoms with Gasteiger partial charge in [0.1, 0.15) is 5.76 Å². The fourth-order valence-electron chi connectivity index (χ4n) is 1.66. The van der Waals surface area contributed by atoms with E-state index < -0.39 is 40.4 Å². The third-order valence-electron chi connectivity index (χ3n) is 2.58. The molecule has 0 N–H and O–H groups in total. The van der Waals surface area contributed by atoms with Gasteiger partial charge in [0, 0.05) is 6.08 Å². The van der Waals surface area contributed by atoms with Crippen LogP contribution < -0.4 is 0 Å². The summed E-state index contributed by atoms with van der Waals surface area (Å²) >= 11 is 0. The third-order valence-corrected chi connectivity index (χ3v) is 4.26. The topological polar surface area (TPSA) is 18.5 Å². The Hall–Kier alpha value is -0.976. The van der Waals surface area contributed by atoms with Gasteiger partial charge < -0.3 is 8.85 Å². The summed E-state index contributed by atoms with van der Waals surface area (Å²) in [5, 5.41) is 0. The Bertz CT molecular complexity index is 542. The van der Waals surface area contributed by atoms with E-state index in [1.54, 1.807) is 26.6 Å². The van der Waals surface area contributed by atoms with Crippen molar-refractivity contribution < 1.29 is 39.6 Å². The van der Waals surface area contributed by atoms with Crippen LogP contribution in [-0.4, -0.2) is 34.7 Å². The second-order valence-electron chi connectivity index (χ2n) is 7.60. The summed E-state index contributed by atoms with van der Waals surface area (Å²) in [6.45, 7) is 11.0. The fraction of sp³-hybridized carbons (Fsp3) is 0.733. The maximum absolute atomic E-state index is 14.2. The first-order valence-corrected chi connectivity index (χ1v) is 14.7. The third kappa shape index (κ3) is 6.97. The van der Waals surface area contributed by atoms with Crippen molar-refractivity contribution in [2.75, 3.05) is 0 Å². The van der Waals surface area contributed by atoms with Gasteiger partial charge in [-0.05, 0) is 51.8 Å². The molecule has 0 atom stereocenters. The van der Waals surface area contributed by atoms with Gasteiger partial charge in [0.25, 0.3) is 0 Å². The molecule has 0 radical (unpaired) electrons. The predicted molar refractivity (Wildman–Crippen MR) is 91.3 cm³/mol. The van der Waals surface area contributed by atoms with E-state index >= 15 is 0 Å². The molecule has 0 amide bonds. The number of hydrogen-bond donors (Lipinski definition) is 0. The van der Waals surface area contributed by atoms with Crippen molar-refractivity contribution in [2.45, 2.75) is 70.6 Å². The highest BCUT2D eigenvalue weighted by molar-refractivity contribution is 6.70. The second kappa shape index (κ2) is 7.95. The molecule has 0 spiro atoms. The molecule has 0 aliphatic heterocycles. The Balaban J connectivity index is 6.35. The Morgan fingerprint density at radius 1 is 0.808 bits per heavy atom. The minimum Gasteiger partial charge on any atom is -0.544 e. The van der Waals surface area contributed by atoms with Crippen molar-refractivity contribution in [3.8, 4) is 0 Å². The van der Waals surface area contributed by atoms with Crippen LogP contribution in [0.3, 0.4) is 0 Å². The van der Waals surface area contributed by atoms with Crippen molar-refractivity contribution in [1.29, 1.82) is 0 Å². The molecule has 154 valence electrons. The highest BCUT2D eigenvalue weighted by atomic mass is 28.4. The molecule has 0 aromatic rings. The number of allylic oxidation sites excluding steroid dienone is 3. The van der Waals surface area contributed by atoms with E-state index in [0.717, 1.165) is 0 Å². The monoisotopic (exact) mass is 426 g/mol. The van der Waals surface area contributed by atoms with Crippen LogP contribution in [0.15, 0.2) is 23.7 Å². The molecular weight excluding hydrogens is 401 g/mol. The summed E-state index contributed by atoms with van der Waals surface area (Å²) in [7, 11) is -5.27. The Morgan fingerprint density at radius 2 is 1.23 bits per heavy atom. The van der Waals surface area contributed by atoms with Crippen molar-refractivity contribution in [3.63, 3.8) is 0 Å². The molecule has 0 unspecified atom stereocenters. The minimum atomic E-state index is -6.44. The van der Waals surface area contributed by atoms with Gasteiger partial charge in [-0.25, -0.2) is 0 Å². The lowest BCUT2D eigenvalue weighted by atomic mass is 10.1. The van der Waals surface area contributed by atoms with E-state index in [4.69, 9.17) is 8.85 Å². The number of rotatable bonds is 8. The number of halogens is 7. The number of hydrogen-bond acceptors (Lipinski definition) is 2. The molecule has 2 nitrogen and oxygen atoms in total. The second-order valence-corrected chi connectivity index (χ2v) is 16.5. The van der Waals surface area contributed by atoms with Gasteiger partial charge in [-0.1, -0.05) is 6.92 Å². The number of alkyl halides is 7. The molecule has 0 saturated heterocycles. The quantitative estimate of drug-likeness (QED) is 0.186. The molecule has 0 aromatic carbocycles. The van der Waals surface area contributed by atoms with Crippen LogP contribution in [0.1, 0.15) is 13.3 Å². The van der Waals surface area contributed by atoms with E-state index in [-0.39, 0.29) is 5.76 Å². The zero-order valence-electron chi connectivity index (χ0n) is 15.8. The van der Waals surface area contributed by atoms with E-state index in [0.29, 0.717) is 12.5 Å². The predicted octanol–water partition coefficient (Wildman–Crippen LogP) is 6.70. The molecule has 0 aliphatic rings. The van der Waals surface area contributed by atoms with Crippen LogP contribution in [-0.2, 0) is 8.85 Å².